The van der Waals surface area contributed by atoms with E-state index < -0.39 is 0 Å². The van der Waals surface area contributed by atoms with Crippen molar-refractivity contribution in [3.63, 3.8) is 0 Å². The maximum atomic E-state index is 9.69. The van der Waals surface area contributed by atoms with Gasteiger partial charge in [-0.15, -0.1) is 0 Å². The van der Waals surface area contributed by atoms with Gasteiger partial charge >= 0.3 is 0 Å². The van der Waals surface area contributed by atoms with Crippen molar-refractivity contribution >= 4 is 0 Å². The smallest absolute Gasteiger partial charge is 0.164 e. The summed E-state index contributed by atoms with van der Waals surface area (Å²) in [5.74, 6) is 3.49. The van der Waals surface area contributed by atoms with Gasteiger partial charge in [-0.3, -0.25) is 0 Å². The molecule has 290 valence electrons. The lowest BCUT2D eigenvalue weighted by atomic mass is 9.91. The molecule has 2 aromatic heterocycles. The molecule has 0 unspecified atom stereocenters. The Bertz CT molecular complexity index is 3180. The van der Waals surface area contributed by atoms with Crippen LogP contribution in [0.15, 0.2) is 212 Å². The Kier molecular flexibility index (Phi) is 10.2. The van der Waals surface area contributed by atoms with E-state index in [1.54, 1.807) is 0 Å². The molecule has 0 N–H and O–H groups in total. The van der Waals surface area contributed by atoms with Crippen LogP contribution in [0.4, 0.5) is 0 Å². The van der Waals surface area contributed by atoms with Gasteiger partial charge in [-0.2, -0.15) is 5.26 Å². The number of hydrogen-bond donors (Lipinski definition) is 0. The second kappa shape index (κ2) is 16.9. The van der Waals surface area contributed by atoms with Gasteiger partial charge in [-0.25, -0.2) is 29.9 Å². The first-order valence-electron chi connectivity index (χ1n) is 20.3. The molecule has 0 spiro atoms. The van der Waals surface area contributed by atoms with E-state index in [9.17, 15) is 5.26 Å². The Morgan fingerprint density at radius 3 is 1.02 bits per heavy atom. The zero-order chi connectivity index (χ0) is 41.7. The average Bonchev–Trinajstić information content (AvgIpc) is 3.37. The molecule has 0 radical (unpaired) electrons. The Hall–Kier alpha value is -8.73. The van der Waals surface area contributed by atoms with Gasteiger partial charge in [-0.05, 0) is 45.5 Å². The average molecular weight is 794 g/mol. The Morgan fingerprint density at radius 2 is 0.548 bits per heavy atom. The first-order valence-corrected chi connectivity index (χ1v) is 20.3. The lowest BCUT2D eigenvalue weighted by Crippen LogP contribution is -2.02. The normalized spacial score (nSPS) is 10.9. The fourth-order valence-electron chi connectivity index (χ4n) is 7.64. The van der Waals surface area contributed by atoms with Crippen molar-refractivity contribution in [3.8, 4) is 108 Å². The number of rotatable bonds is 9. The molecule has 62 heavy (non-hydrogen) atoms. The number of aromatic nitrogens is 6. The van der Waals surface area contributed by atoms with Crippen molar-refractivity contribution in [2.75, 3.05) is 0 Å². The third-order valence-corrected chi connectivity index (χ3v) is 10.7. The summed E-state index contributed by atoms with van der Waals surface area (Å²) < 4.78 is 0. The van der Waals surface area contributed by atoms with Crippen molar-refractivity contribution in [1.82, 2.24) is 29.9 Å². The fourth-order valence-corrected chi connectivity index (χ4v) is 7.64. The van der Waals surface area contributed by atoms with Gasteiger partial charge in [-0.1, -0.05) is 200 Å². The first kappa shape index (κ1) is 37.5. The minimum atomic E-state index is 0.537. The largest absolute Gasteiger partial charge is 0.208 e. The molecular formula is C55H35N7. The zero-order valence-corrected chi connectivity index (χ0v) is 33.3. The topological polar surface area (TPSA) is 101 Å². The van der Waals surface area contributed by atoms with Gasteiger partial charge in [0.2, 0.25) is 0 Å². The summed E-state index contributed by atoms with van der Waals surface area (Å²) in [5, 5.41) is 9.69. The molecule has 0 saturated heterocycles. The maximum Gasteiger partial charge on any atom is 0.164 e. The molecule has 8 aromatic carbocycles. The summed E-state index contributed by atoms with van der Waals surface area (Å²) in [4.78, 5) is 30.2. The van der Waals surface area contributed by atoms with E-state index in [0.29, 0.717) is 40.5 Å². The molecule has 0 amide bonds. The van der Waals surface area contributed by atoms with E-state index in [0.717, 1.165) is 66.8 Å². The monoisotopic (exact) mass is 793 g/mol. The van der Waals surface area contributed by atoms with Crippen LogP contribution in [0.5, 0.6) is 0 Å². The lowest BCUT2D eigenvalue weighted by Gasteiger charge is -2.16. The van der Waals surface area contributed by atoms with Gasteiger partial charge in [0.15, 0.2) is 34.9 Å². The predicted molar refractivity (Wildman–Crippen MR) is 247 cm³/mol. The summed E-state index contributed by atoms with van der Waals surface area (Å²) in [6.45, 7) is 0. The van der Waals surface area contributed by atoms with Crippen LogP contribution in [0.3, 0.4) is 0 Å². The predicted octanol–water partition coefficient (Wildman–Crippen LogP) is 12.9. The zero-order valence-electron chi connectivity index (χ0n) is 33.3. The van der Waals surface area contributed by atoms with E-state index in [1.807, 2.05) is 152 Å². The molecular weight excluding hydrogens is 759 g/mol. The Morgan fingerprint density at radius 1 is 0.242 bits per heavy atom. The summed E-state index contributed by atoms with van der Waals surface area (Å²) in [5.41, 5.74) is 11.8. The molecule has 10 rings (SSSR count). The van der Waals surface area contributed by atoms with Crippen molar-refractivity contribution in [3.05, 3.63) is 218 Å². The van der Waals surface area contributed by atoms with E-state index in [1.165, 1.54) is 0 Å². The molecule has 0 aliphatic rings. The van der Waals surface area contributed by atoms with Gasteiger partial charge in [0, 0.05) is 33.4 Å². The molecule has 0 bridgehead atoms. The van der Waals surface area contributed by atoms with Crippen LogP contribution in [-0.4, -0.2) is 29.9 Å². The molecule has 7 heteroatoms. The highest BCUT2D eigenvalue weighted by molar-refractivity contribution is 5.91. The maximum absolute atomic E-state index is 9.69. The second-order valence-electron chi connectivity index (χ2n) is 14.6. The molecule has 0 fully saturated rings. The second-order valence-corrected chi connectivity index (χ2v) is 14.6. The summed E-state index contributed by atoms with van der Waals surface area (Å²) in [6, 6.07) is 73.0. The fraction of sp³-hybridized carbons (Fsp3) is 0. The SMILES string of the molecule is N#Cc1cccc(-c2ccccc2-c2nc(-c3ccccc3)nc(-c3ccccc3-c3ccccc3-c3ccc(-c4nc(-c5ccccc5)nc(-c5ccccc5)n4)cc3)n2)c1. The van der Waals surface area contributed by atoms with Gasteiger partial charge < -0.3 is 0 Å². The van der Waals surface area contributed by atoms with E-state index in [4.69, 9.17) is 29.9 Å². The highest BCUT2D eigenvalue weighted by Gasteiger charge is 2.20. The summed E-state index contributed by atoms with van der Waals surface area (Å²) >= 11 is 0. The van der Waals surface area contributed by atoms with Crippen LogP contribution in [-0.2, 0) is 0 Å². The number of benzene rings is 8. The van der Waals surface area contributed by atoms with E-state index >= 15 is 0 Å². The highest BCUT2D eigenvalue weighted by atomic mass is 15.0. The van der Waals surface area contributed by atoms with Crippen molar-refractivity contribution < 1.29 is 0 Å². The minimum Gasteiger partial charge on any atom is -0.208 e. The van der Waals surface area contributed by atoms with Gasteiger partial charge in [0.25, 0.3) is 0 Å². The standard InChI is InChI=1S/C55H35N7/c56-36-37-17-16-24-43(35-37)45-26-11-14-29-48(45)54-60-52(41-22-8-3-9-23-41)61-55(62-54)49-30-15-13-28-47(49)46-27-12-10-25-44(46)38-31-33-42(34-32-38)53-58-50(39-18-4-1-5-19-39)57-51(59-53)40-20-6-2-7-21-40/h1-35H. The molecule has 0 atom stereocenters. The van der Waals surface area contributed by atoms with Crippen LogP contribution in [0.25, 0.3) is 102 Å². The van der Waals surface area contributed by atoms with Crippen molar-refractivity contribution in [2.24, 2.45) is 0 Å². The van der Waals surface area contributed by atoms with Crippen LogP contribution >= 0.6 is 0 Å². The molecule has 2 heterocycles. The third kappa shape index (κ3) is 7.63. The van der Waals surface area contributed by atoms with Gasteiger partial charge in [0.1, 0.15) is 0 Å². The minimum absolute atomic E-state index is 0.537. The Balaban J connectivity index is 1.07. The van der Waals surface area contributed by atoms with Crippen molar-refractivity contribution in [1.29, 1.82) is 5.26 Å². The van der Waals surface area contributed by atoms with Crippen LogP contribution in [0.1, 0.15) is 5.56 Å². The summed E-state index contributed by atoms with van der Waals surface area (Å²) in [6.07, 6.45) is 0. The highest BCUT2D eigenvalue weighted by Crippen LogP contribution is 2.39. The first-order chi connectivity index (χ1) is 30.7. The Labute approximate surface area is 359 Å². The van der Waals surface area contributed by atoms with E-state index in [-0.39, 0.29) is 0 Å². The lowest BCUT2D eigenvalue weighted by molar-refractivity contribution is 1.07. The van der Waals surface area contributed by atoms with Gasteiger partial charge in [0.05, 0.1) is 11.6 Å². The quantitative estimate of drug-likeness (QED) is 0.143. The van der Waals surface area contributed by atoms with Crippen molar-refractivity contribution in [2.45, 2.75) is 0 Å². The third-order valence-electron chi connectivity index (χ3n) is 10.7. The van der Waals surface area contributed by atoms with E-state index in [2.05, 4.69) is 66.7 Å². The van der Waals surface area contributed by atoms with Crippen LogP contribution in [0, 0.1) is 11.3 Å². The molecule has 10 aromatic rings. The van der Waals surface area contributed by atoms with Crippen LogP contribution in [0.2, 0.25) is 0 Å². The molecule has 0 aliphatic carbocycles. The molecule has 0 saturated carbocycles. The molecule has 0 aliphatic heterocycles. The summed E-state index contributed by atoms with van der Waals surface area (Å²) in [7, 11) is 0. The van der Waals surface area contributed by atoms with Crippen LogP contribution < -0.4 is 0 Å². The molecule has 7 nitrogen and oxygen atoms in total. The number of nitriles is 1. The number of hydrogen-bond acceptors (Lipinski definition) is 7. The number of nitrogens with zero attached hydrogens (tertiary/aromatic N) is 7.